The lowest BCUT2D eigenvalue weighted by Crippen LogP contribution is -2.66. The highest BCUT2D eigenvalue weighted by Crippen LogP contribution is 2.73. The van der Waals surface area contributed by atoms with Gasteiger partial charge in [-0.1, -0.05) is 78.0 Å². The van der Waals surface area contributed by atoms with Gasteiger partial charge in [-0.15, -0.1) is 0 Å². The molecule has 0 aromatic carbocycles. The number of carbonyl (C=O) groups excluding carboxylic acids is 4. The number of ether oxygens (including phenoxy) is 2. The molecular formula is C50H68O12. The number of esters is 2. The summed E-state index contributed by atoms with van der Waals surface area (Å²) in [6, 6.07) is 0. The Bertz CT molecular complexity index is 2130. The summed E-state index contributed by atoms with van der Waals surface area (Å²) in [4.78, 5) is 53.7. The van der Waals surface area contributed by atoms with Gasteiger partial charge in [-0.3, -0.25) is 9.59 Å². The molecule has 8 aliphatic rings. The van der Waals surface area contributed by atoms with Crippen molar-refractivity contribution in [2.45, 2.75) is 132 Å². The fourth-order valence-electron chi connectivity index (χ4n) is 13.8. The molecule has 340 valence electrons. The maximum atomic E-state index is 14.2. The average molecular weight is 861 g/mol. The third kappa shape index (κ3) is 5.84. The third-order valence-electron chi connectivity index (χ3n) is 17.8. The van der Waals surface area contributed by atoms with E-state index in [1.807, 2.05) is 13.8 Å². The average Bonchev–Trinajstić information content (AvgIpc) is 3.95. The monoisotopic (exact) mass is 860 g/mol. The molecule has 16 atom stereocenters. The number of ketones is 2. The molecule has 0 aromatic rings. The van der Waals surface area contributed by atoms with Gasteiger partial charge in [0.2, 0.25) is 0 Å². The van der Waals surface area contributed by atoms with Crippen molar-refractivity contribution in [1.82, 2.24) is 0 Å². The number of rotatable bonds is 6. The Labute approximate surface area is 365 Å². The molecule has 8 aliphatic carbocycles. The topological polar surface area (TPSA) is 208 Å². The van der Waals surface area contributed by atoms with E-state index < -0.39 is 83.4 Å². The fraction of sp³-hybridized carbons (Fsp3) is 0.680. The first kappa shape index (κ1) is 46.5. The van der Waals surface area contributed by atoms with Gasteiger partial charge in [0.15, 0.2) is 35.0 Å². The summed E-state index contributed by atoms with van der Waals surface area (Å²) in [5.41, 5.74) is -4.76. The first-order chi connectivity index (χ1) is 28.8. The second kappa shape index (κ2) is 15.0. The van der Waals surface area contributed by atoms with Crippen LogP contribution in [0.1, 0.15) is 95.9 Å². The Kier molecular flexibility index (Phi) is 11.3. The maximum Gasteiger partial charge on any atom is 0.334 e. The van der Waals surface area contributed by atoms with E-state index in [1.54, 1.807) is 78.0 Å². The maximum absolute atomic E-state index is 14.2. The first-order valence-corrected chi connectivity index (χ1v) is 22.4. The van der Waals surface area contributed by atoms with Gasteiger partial charge >= 0.3 is 11.9 Å². The van der Waals surface area contributed by atoms with Crippen LogP contribution in [0.2, 0.25) is 0 Å². The number of fused-ring (bicyclic) bond motifs is 6. The minimum atomic E-state index is -2.08. The third-order valence-corrected chi connectivity index (χ3v) is 17.8. The molecule has 4 fully saturated rings. The van der Waals surface area contributed by atoms with Crippen molar-refractivity contribution in [3.8, 4) is 0 Å². The van der Waals surface area contributed by atoms with Crippen molar-refractivity contribution in [2.75, 3.05) is 13.2 Å². The van der Waals surface area contributed by atoms with Crippen LogP contribution in [0.4, 0.5) is 0 Å². The predicted molar refractivity (Wildman–Crippen MR) is 229 cm³/mol. The Morgan fingerprint density at radius 1 is 0.677 bits per heavy atom. The zero-order chi connectivity index (χ0) is 46.2. The number of aliphatic hydroxyl groups is 6. The molecule has 4 bridgehead atoms. The molecule has 2 spiro atoms. The van der Waals surface area contributed by atoms with E-state index in [1.165, 1.54) is 0 Å². The van der Waals surface area contributed by atoms with Crippen LogP contribution in [0.15, 0.2) is 69.9 Å². The van der Waals surface area contributed by atoms with Crippen molar-refractivity contribution >= 4 is 23.5 Å². The summed E-state index contributed by atoms with van der Waals surface area (Å²) in [5.74, 6) is -2.31. The van der Waals surface area contributed by atoms with Crippen LogP contribution in [0.5, 0.6) is 0 Å². The summed E-state index contributed by atoms with van der Waals surface area (Å²) in [5, 5.41) is 67.4. The highest BCUT2D eigenvalue weighted by Gasteiger charge is 2.78. The van der Waals surface area contributed by atoms with Crippen molar-refractivity contribution < 1.29 is 59.3 Å². The molecule has 8 rings (SSSR count). The quantitative estimate of drug-likeness (QED) is 0.123. The Balaban J connectivity index is 0.000000186. The van der Waals surface area contributed by atoms with Gasteiger partial charge < -0.3 is 40.1 Å². The van der Waals surface area contributed by atoms with E-state index in [4.69, 9.17) is 9.47 Å². The molecule has 0 aromatic heterocycles. The van der Waals surface area contributed by atoms with E-state index in [2.05, 4.69) is 27.7 Å². The van der Waals surface area contributed by atoms with Crippen LogP contribution in [-0.4, -0.2) is 103 Å². The van der Waals surface area contributed by atoms with Crippen LogP contribution in [0, 0.1) is 69.0 Å². The van der Waals surface area contributed by atoms with E-state index in [9.17, 15) is 49.8 Å². The zero-order valence-corrected chi connectivity index (χ0v) is 38.4. The Morgan fingerprint density at radius 3 is 1.48 bits per heavy atom. The zero-order valence-electron chi connectivity index (χ0n) is 38.4. The van der Waals surface area contributed by atoms with Gasteiger partial charge in [0.25, 0.3) is 0 Å². The molecule has 0 radical (unpaired) electrons. The van der Waals surface area contributed by atoms with Crippen LogP contribution >= 0.6 is 0 Å². The molecule has 4 saturated carbocycles. The summed E-state index contributed by atoms with van der Waals surface area (Å²) in [7, 11) is 0. The summed E-state index contributed by atoms with van der Waals surface area (Å²) < 4.78 is 11.5. The normalized spacial score (nSPS) is 45.6. The summed E-state index contributed by atoms with van der Waals surface area (Å²) in [6.07, 6.45) is 6.07. The molecule has 6 unspecified atom stereocenters. The van der Waals surface area contributed by atoms with Crippen molar-refractivity contribution in [3.63, 3.8) is 0 Å². The minimum Gasteiger partial charge on any atom is -0.451 e. The van der Waals surface area contributed by atoms with Crippen LogP contribution in [0.25, 0.3) is 0 Å². The number of aliphatic hydroxyl groups excluding tert-OH is 4. The molecular weight excluding hydrogens is 793 g/mol. The second-order valence-corrected chi connectivity index (χ2v) is 21.2. The molecule has 62 heavy (non-hydrogen) atoms. The Hall–Kier alpha value is -3.52. The summed E-state index contributed by atoms with van der Waals surface area (Å²) in [6.45, 7) is 21.6. The van der Waals surface area contributed by atoms with E-state index in [-0.39, 0.29) is 57.2 Å². The lowest BCUT2D eigenvalue weighted by atomic mass is 9.59. The van der Waals surface area contributed by atoms with E-state index >= 15 is 0 Å². The number of hydrogen-bond donors (Lipinski definition) is 6. The lowest BCUT2D eigenvalue weighted by Gasteiger charge is -2.49. The smallest absolute Gasteiger partial charge is 0.334 e. The standard InChI is InChI=1S/2C25H34O6/c1-7-12(2)22(29)31-21-13(3)10-24-14(4)8-17-18(23(17,5)6)16(20(24)28)9-15(11-26)19(27)25(21,24)30;1-7-12(2)22(29)31-21-15(11-26)9-16-18-17(23(18,5)6)8-14(4)24(20(16)28)10-13(3)19(27)25(21,24)30/h2*7,9-10,14,16-19,21,26-27,30H,8,11H2,1-6H3/b12-7+;12-7-/t14?,16-,17?,18?,19+,21-,24-,25-;14?,16-,17?,18?,19-,21+,24-,25+/m00/s1. The van der Waals surface area contributed by atoms with Crippen molar-refractivity contribution in [1.29, 1.82) is 0 Å². The largest absolute Gasteiger partial charge is 0.451 e. The molecule has 12 heteroatoms. The highest BCUT2D eigenvalue weighted by molar-refractivity contribution is 5.97. The lowest BCUT2D eigenvalue weighted by molar-refractivity contribution is -0.202. The van der Waals surface area contributed by atoms with Crippen LogP contribution < -0.4 is 0 Å². The van der Waals surface area contributed by atoms with Crippen molar-refractivity contribution in [2.24, 2.45) is 69.0 Å². The van der Waals surface area contributed by atoms with Gasteiger partial charge in [0, 0.05) is 23.0 Å². The van der Waals surface area contributed by atoms with Crippen LogP contribution in [0.3, 0.4) is 0 Å². The molecule has 6 N–H and O–H groups in total. The van der Waals surface area contributed by atoms with Gasteiger partial charge in [-0.25, -0.2) is 9.59 Å². The number of carbonyl (C=O) groups is 4. The van der Waals surface area contributed by atoms with Gasteiger partial charge in [-0.05, 0) is 123 Å². The van der Waals surface area contributed by atoms with Gasteiger partial charge in [0.1, 0.15) is 12.2 Å². The van der Waals surface area contributed by atoms with Gasteiger partial charge in [-0.2, -0.15) is 0 Å². The molecule has 0 saturated heterocycles. The van der Waals surface area contributed by atoms with Gasteiger partial charge in [0.05, 0.1) is 24.0 Å². The molecule has 0 amide bonds. The molecule has 12 nitrogen and oxygen atoms in total. The minimum absolute atomic E-state index is 0.0209. The van der Waals surface area contributed by atoms with Crippen molar-refractivity contribution in [3.05, 3.63) is 69.9 Å². The number of Topliss-reactive ketones (excluding diaryl/α,β-unsaturated/α-hetero) is 2. The summed E-state index contributed by atoms with van der Waals surface area (Å²) >= 11 is 0. The predicted octanol–water partition coefficient (Wildman–Crippen LogP) is 4.66. The number of hydrogen-bond acceptors (Lipinski definition) is 12. The molecule has 0 aliphatic heterocycles. The highest BCUT2D eigenvalue weighted by atomic mass is 16.6. The SMILES string of the molecule is C/C=C(/C)C(=O)O[C@@H]1C(CO)=C[C@@H]2C(=O)[C@]3(C=C(C)[C@H](O)[C@@]13O)C(C)CC1C2C1(C)C.C/C=C(\C)C(=O)O[C@H]1C(C)=C[C@]23C(=O)[C@@H](C=C(CO)[C@@H](O)[C@]12O)C1C(CC3C)C1(C)C. The van der Waals surface area contributed by atoms with E-state index in [0.29, 0.717) is 34.1 Å². The first-order valence-electron chi connectivity index (χ1n) is 22.4. The van der Waals surface area contributed by atoms with Crippen LogP contribution in [-0.2, 0) is 28.7 Å². The molecule has 0 heterocycles. The fourth-order valence-corrected chi connectivity index (χ4v) is 13.8. The number of allylic oxidation sites excluding steroid dienone is 4. The van der Waals surface area contributed by atoms with E-state index in [0.717, 1.165) is 12.8 Å². The Morgan fingerprint density at radius 2 is 1.06 bits per heavy atom. The second-order valence-electron chi connectivity index (χ2n) is 21.2.